The first-order chi connectivity index (χ1) is 9.97. The van der Waals surface area contributed by atoms with Gasteiger partial charge in [0.05, 0.1) is 12.1 Å². The number of carbonyl (C=O) groups excluding carboxylic acids is 1. The number of rotatable bonds is 6. The molecule has 0 fully saturated rings. The normalized spacial score (nSPS) is 11.0. The van der Waals surface area contributed by atoms with Gasteiger partial charge in [0.2, 0.25) is 5.91 Å². The maximum absolute atomic E-state index is 11.2. The summed E-state index contributed by atoms with van der Waals surface area (Å²) < 4.78 is 0. The highest BCUT2D eigenvalue weighted by atomic mass is 16.1. The van der Waals surface area contributed by atoms with Crippen molar-refractivity contribution in [3.63, 3.8) is 0 Å². The molecule has 2 rings (SSSR count). The van der Waals surface area contributed by atoms with Crippen LogP contribution in [-0.2, 0) is 11.3 Å². The minimum atomic E-state index is -0.366. The number of fused-ring (bicyclic) bond motifs is 1. The first-order valence-electron chi connectivity index (χ1n) is 7.09. The average Bonchev–Trinajstić information content (AvgIpc) is 2.43. The largest absolute Gasteiger partial charge is 0.368 e. The highest BCUT2D eigenvalue weighted by Crippen LogP contribution is 2.23. The number of amides is 1. The van der Waals surface area contributed by atoms with Crippen molar-refractivity contribution in [2.45, 2.75) is 26.4 Å². The predicted octanol–water partition coefficient (Wildman–Crippen LogP) is 1.65. The lowest BCUT2D eigenvalue weighted by Gasteiger charge is -2.21. The summed E-state index contributed by atoms with van der Waals surface area (Å²) in [6, 6.07) is 10.5. The maximum atomic E-state index is 11.2. The zero-order chi connectivity index (χ0) is 15.4. The summed E-state index contributed by atoms with van der Waals surface area (Å²) in [6.45, 7) is 5.05. The third-order valence-corrected chi connectivity index (χ3v) is 3.24. The van der Waals surface area contributed by atoms with Crippen LogP contribution in [-0.4, -0.2) is 30.5 Å². The molecular formula is C16H22N4O. The Bertz CT molecular complexity index is 639. The molecular weight excluding hydrogens is 264 g/mol. The summed E-state index contributed by atoms with van der Waals surface area (Å²) in [5.74, 6) is 0.427. The van der Waals surface area contributed by atoms with Gasteiger partial charge in [-0.25, -0.2) is 4.98 Å². The zero-order valence-corrected chi connectivity index (χ0v) is 12.8. The fraction of sp³-hybridized carbons (Fsp3) is 0.375. The second-order valence-electron chi connectivity index (χ2n) is 5.52. The van der Waals surface area contributed by atoms with Gasteiger partial charge >= 0.3 is 0 Å². The van der Waals surface area contributed by atoms with Crippen LogP contribution in [0.1, 0.15) is 19.4 Å². The Balaban J connectivity index is 2.42. The molecule has 0 unspecified atom stereocenters. The van der Waals surface area contributed by atoms with E-state index in [1.165, 1.54) is 0 Å². The van der Waals surface area contributed by atoms with E-state index in [0.29, 0.717) is 12.6 Å². The van der Waals surface area contributed by atoms with Crippen LogP contribution in [0.3, 0.4) is 0 Å². The van der Waals surface area contributed by atoms with E-state index in [1.54, 1.807) is 4.90 Å². The molecule has 0 saturated heterocycles. The Hall–Kier alpha value is -2.14. The van der Waals surface area contributed by atoms with Crippen LogP contribution in [0.15, 0.2) is 30.3 Å². The molecule has 21 heavy (non-hydrogen) atoms. The van der Waals surface area contributed by atoms with Gasteiger partial charge in [-0.3, -0.25) is 4.79 Å². The van der Waals surface area contributed by atoms with Crippen molar-refractivity contribution in [3.8, 4) is 0 Å². The molecule has 2 aromatic rings. The molecule has 0 radical (unpaired) electrons. The van der Waals surface area contributed by atoms with Crippen molar-refractivity contribution in [2.75, 3.05) is 18.5 Å². The molecule has 0 bridgehead atoms. The molecule has 5 heteroatoms. The fourth-order valence-electron chi connectivity index (χ4n) is 2.23. The Morgan fingerprint density at radius 3 is 2.76 bits per heavy atom. The summed E-state index contributed by atoms with van der Waals surface area (Å²) in [5, 5.41) is 4.48. The minimum Gasteiger partial charge on any atom is -0.368 e. The van der Waals surface area contributed by atoms with Crippen molar-refractivity contribution in [3.05, 3.63) is 35.9 Å². The number of anilines is 1. The van der Waals surface area contributed by atoms with Crippen LogP contribution in [0.2, 0.25) is 0 Å². The van der Waals surface area contributed by atoms with Crippen molar-refractivity contribution in [1.29, 1.82) is 0 Å². The number of hydrogen-bond acceptors (Lipinski definition) is 4. The van der Waals surface area contributed by atoms with Crippen LogP contribution in [0.4, 0.5) is 5.82 Å². The van der Waals surface area contributed by atoms with E-state index in [4.69, 9.17) is 5.73 Å². The van der Waals surface area contributed by atoms with E-state index in [1.807, 2.05) is 31.3 Å². The first kappa shape index (κ1) is 15.3. The molecule has 5 nitrogen and oxygen atoms in total. The quantitative estimate of drug-likeness (QED) is 0.847. The fourth-order valence-corrected chi connectivity index (χ4v) is 2.23. The van der Waals surface area contributed by atoms with Gasteiger partial charge in [-0.15, -0.1) is 0 Å². The second kappa shape index (κ2) is 6.54. The number of nitrogens with one attached hydrogen (secondary N) is 1. The smallest absolute Gasteiger partial charge is 0.236 e. The van der Waals surface area contributed by atoms with Crippen LogP contribution in [0.25, 0.3) is 10.9 Å². The highest BCUT2D eigenvalue weighted by molar-refractivity contribution is 5.83. The molecule has 0 saturated carbocycles. The van der Waals surface area contributed by atoms with Crippen LogP contribution in [0.5, 0.6) is 0 Å². The first-order valence-corrected chi connectivity index (χ1v) is 7.09. The summed E-state index contributed by atoms with van der Waals surface area (Å²) in [4.78, 5) is 17.6. The molecule has 1 amide bonds. The summed E-state index contributed by atoms with van der Waals surface area (Å²) in [5.41, 5.74) is 7.27. The Morgan fingerprint density at radius 1 is 1.38 bits per heavy atom. The van der Waals surface area contributed by atoms with Crippen LogP contribution >= 0.6 is 0 Å². The molecule has 3 N–H and O–H groups in total. The van der Waals surface area contributed by atoms with Gasteiger partial charge in [-0.05, 0) is 12.1 Å². The summed E-state index contributed by atoms with van der Waals surface area (Å²) in [7, 11) is 1.83. The van der Waals surface area contributed by atoms with Gasteiger partial charge in [-0.2, -0.15) is 0 Å². The molecule has 1 aromatic carbocycles. The monoisotopic (exact) mass is 286 g/mol. The number of hydrogen-bond donors (Lipinski definition) is 2. The predicted molar refractivity (Wildman–Crippen MR) is 86.2 cm³/mol. The number of nitrogens with two attached hydrogens (primary N) is 1. The number of para-hydroxylation sites is 1. The summed E-state index contributed by atoms with van der Waals surface area (Å²) in [6.07, 6.45) is 0. The van der Waals surface area contributed by atoms with E-state index in [2.05, 4.69) is 30.2 Å². The molecule has 0 atom stereocenters. The number of nitrogens with zero attached hydrogens (tertiary/aromatic N) is 2. The van der Waals surface area contributed by atoms with E-state index < -0.39 is 0 Å². The highest BCUT2D eigenvalue weighted by Gasteiger charge is 2.13. The van der Waals surface area contributed by atoms with Crippen molar-refractivity contribution in [1.82, 2.24) is 10.3 Å². The lowest BCUT2D eigenvalue weighted by Crippen LogP contribution is -2.32. The van der Waals surface area contributed by atoms with Crippen molar-refractivity contribution < 1.29 is 4.79 Å². The number of primary amides is 1. The van der Waals surface area contributed by atoms with Gasteiger partial charge in [-0.1, -0.05) is 32.0 Å². The average molecular weight is 286 g/mol. The molecule has 0 aliphatic heterocycles. The van der Waals surface area contributed by atoms with Crippen molar-refractivity contribution >= 4 is 22.6 Å². The third kappa shape index (κ3) is 3.92. The SMILES string of the molecule is CC(C)NCc1cc2ccccc2nc1N(C)CC(N)=O. The maximum Gasteiger partial charge on any atom is 0.236 e. The topological polar surface area (TPSA) is 71.2 Å². The van der Waals surface area contributed by atoms with Gasteiger partial charge < -0.3 is 16.0 Å². The molecule has 112 valence electrons. The zero-order valence-electron chi connectivity index (χ0n) is 12.8. The van der Waals surface area contributed by atoms with E-state index >= 15 is 0 Å². The van der Waals surface area contributed by atoms with Gasteiger partial charge in [0.15, 0.2) is 0 Å². The lowest BCUT2D eigenvalue weighted by atomic mass is 10.1. The molecule has 0 spiro atoms. The van der Waals surface area contributed by atoms with Crippen LogP contribution < -0.4 is 16.0 Å². The van der Waals surface area contributed by atoms with Crippen molar-refractivity contribution in [2.24, 2.45) is 5.73 Å². The Morgan fingerprint density at radius 2 is 2.10 bits per heavy atom. The molecule has 1 aromatic heterocycles. The standard InChI is InChI=1S/C16H22N4O/c1-11(2)18-9-13-8-12-6-4-5-7-14(12)19-16(13)20(3)10-15(17)21/h4-8,11,18H,9-10H2,1-3H3,(H2,17,21). The van der Waals surface area contributed by atoms with E-state index in [9.17, 15) is 4.79 Å². The van der Waals surface area contributed by atoms with Gasteiger partial charge in [0, 0.05) is 30.6 Å². The van der Waals surface area contributed by atoms with Crippen LogP contribution in [0, 0.1) is 0 Å². The van der Waals surface area contributed by atoms with E-state index in [0.717, 1.165) is 22.3 Å². The number of benzene rings is 1. The number of pyridine rings is 1. The number of likely N-dealkylation sites (N-methyl/N-ethyl adjacent to an activating group) is 1. The number of aromatic nitrogens is 1. The second-order valence-corrected chi connectivity index (χ2v) is 5.52. The van der Waals surface area contributed by atoms with Gasteiger partial charge in [0.1, 0.15) is 5.82 Å². The Kier molecular flexibility index (Phi) is 4.75. The number of carbonyl (C=O) groups is 1. The summed E-state index contributed by atoms with van der Waals surface area (Å²) >= 11 is 0. The molecule has 0 aliphatic carbocycles. The third-order valence-electron chi connectivity index (χ3n) is 3.24. The lowest BCUT2D eigenvalue weighted by molar-refractivity contribution is -0.116. The molecule has 1 heterocycles. The van der Waals surface area contributed by atoms with Gasteiger partial charge in [0.25, 0.3) is 0 Å². The minimum absolute atomic E-state index is 0.153. The molecule has 0 aliphatic rings. The van der Waals surface area contributed by atoms with E-state index in [-0.39, 0.29) is 12.5 Å². The Labute approximate surface area is 125 Å².